The monoisotopic (exact) mass is 435 g/mol. The summed E-state index contributed by atoms with van der Waals surface area (Å²) in [7, 11) is 0. The van der Waals surface area contributed by atoms with Crippen LogP contribution in [0.1, 0.15) is 60.2 Å². The molecule has 2 unspecified atom stereocenters. The third kappa shape index (κ3) is 7.79. The van der Waals surface area contributed by atoms with E-state index in [1.807, 2.05) is 30.3 Å². The molecular weight excluding hydrogens is 406 g/mol. The normalized spacial score (nSPS) is 12.9. The van der Waals surface area contributed by atoms with Crippen LogP contribution in [-0.2, 0) is 15.3 Å². The Labute approximate surface area is 180 Å². The predicted molar refractivity (Wildman–Crippen MR) is 119 cm³/mol. The third-order valence-corrected chi connectivity index (χ3v) is 6.30. The summed E-state index contributed by atoms with van der Waals surface area (Å²) in [6.45, 7) is 4.12. The molecule has 0 aliphatic rings. The molecule has 29 heavy (non-hydrogen) atoms. The molecule has 0 bridgehead atoms. The highest BCUT2D eigenvalue weighted by molar-refractivity contribution is 7.98. The lowest BCUT2D eigenvalue weighted by atomic mass is 10.1. The van der Waals surface area contributed by atoms with Gasteiger partial charge in [-0.2, -0.15) is 11.8 Å². The Kier molecular flexibility index (Phi) is 10.2. The van der Waals surface area contributed by atoms with E-state index >= 15 is 0 Å². The van der Waals surface area contributed by atoms with Gasteiger partial charge >= 0.3 is 5.97 Å². The van der Waals surface area contributed by atoms with Crippen LogP contribution >= 0.6 is 23.1 Å². The van der Waals surface area contributed by atoms with Gasteiger partial charge in [-0.25, -0.2) is 9.78 Å². The van der Waals surface area contributed by atoms with Gasteiger partial charge in [0.05, 0.1) is 12.6 Å². The Morgan fingerprint density at radius 1 is 1.28 bits per heavy atom. The predicted octanol–water partition coefficient (Wildman–Crippen LogP) is 3.93. The number of ether oxygens (including phenoxy) is 1. The number of nitrogens with zero attached hydrogens (tertiary/aromatic N) is 1. The molecule has 0 aliphatic heterocycles. The Morgan fingerprint density at radius 2 is 2.03 bits per heavy atom. The van der Waals surface area contributed by atoms with Gasteiger partial charge in [0.1, 0.15) is 16.7 Å². The standard InChI is InChI=1S/C21H29N3O3S2/c1-3-5-11-16(22)20-24-17(14-29-20)19(25)23-18(21(26)27-4-2)13-28-12-15-9-7-6-8-10-15/h6-10,14,16,18H,3-5,11-13,22H2,1-2H3,(H,23,25). The van der Waals surface area contributed by atoms with Crippen LogP contribution in [0.2, 0.25) is 0 Å². The molecule has 0 aliphatic carbocycles. The number of benzene rings is 1. The van der Waals surface area contributed by atoms with Gasteiger partial charge in [0.25, 0.3) is 5.91 Å². The first-order valence-corrected chi connectivity index (χ1v) is 11.9. The van der Waals surface area contributed by atoms with Crippen molar-refractivity contribution in [2.75, 3.05) is 12.4 Å². The highest BCUT2D eigenvalue weighted by atomic mass is 32.2. The van der Waals surface area contributed by atoms with E-state index in [1.54, 1.807) is 24.1 Å². The second kappa shape index (κ2) is 12.6. The smallest absolute Gasteiger partial charge is 0.329 e. The number of thioether (sulfide) groups is 1. The Balaban J connectivity index is 1.95. The van der Waals surface area contributed by atoms with Gasteiger partial charge in [0.2, 0.25) is 0 Å². The van der Waals surface area contributed by atoms with Crippen LogP contribution in [-0.4, -0.2) is 35.3 Å². The Morgan fingerprint density at radius 3 is 2.72 bits per heavy atom. The SMILES string of the molecule is CCCCC(N)c1nc(C(=O)NC(CSCc2ccccc2)C(=O)OCC)cs1. The van der Waals surface area contributed by atoms with Crippen molar-refractivity contribution in [3.63, 3.8) is 0 Å². The molecule has 2 rings (SSSR count). The number of carbonyl (C=O) groups is 2. The maximum absolute atomic E-state index is 12.6. The zero-order chi connectivity index (χ0) is 21.1. The molecule has 0 saturated heterocycles. The number of esters is 1. The van der Waals surface area contributed by atoms with Crippen LogP contribution in [0, 0.1) is 0 Å². The number of hydrogen-bond donors (Lipinski definition) is 2. The lowest BCUT2D eigenvalue weighted by Crippen LogP contribution is -2.43. The summed E-state index contributed by atoms with van der Waals surface area (Å²) < 4.78 is 5.13. The first-order chi connectivity index (χ1) is 14.0. The average Bonchev–Trinajstić information content (AvgIpc) is 3.22. The molecular formula is C21H29N3O3S2. The molecule has 0 spiro atoms. The minimum absolute atomic E-state index is 0.163. The maximum atomic E-state index is 12.6. The van der Waals surface area contributed by atoms with Gasteiger partial charge in [-0.1, -0.05) is 50.1 Å². The molecule has 1 aromatic heterocycles. The number of rotatable bonds is 12. The van der Waals surface area contributed by atoms with Gasteiger partial charge in [-0.05, 0) is 18.9 Å². The van der Waals surface area contributed by atoms with Crippen LogP contribution < -0.4 is 11.1 Å². The van der Waals surface area contributed by atoms with Crippen LogP contribution in [0.5, 0.6) is 0 Å². The summed E-state index contributed by atoms with van der Waals surface area (Å²) in [5.74, 6) is 0.358. The van der Waals surface area contributed by atoms with Gasteiger partial charge in [0, 0.05) is 16.9 Å². The summed E-state index contributed by atoms with van der Waals surface area (Å²) in [6, 6.07) is 9.09. The second-order valence-corrected chi connectivity index (χ2v) is 8.52. The maximum Gasteiger partial charge on any atom is 0.329 e. The highest BCUT2D eigenvalue weighted by Crippen LogP contribution is 2.21. The molecule has 0 saturated carbocycles. The molecule has 8 heteroatoms. The molecule has 1 amide bonds. The van der Waals surface area contributed by atoms with Crippen LogP contribution in [0.15, 0.2) is 35.7 Å². The van der Waals surface area contributed by atoms with E-state index in [-0.39, 0.29) is 18.6 Å². The molecule has 2 atom stereocenters. The number of unbranched alkanes of at least 4 members (excludes halogenated alkanes) is 1. The number of nitrogens with one attached hydrogen (secondary N) is 1. The van der Waals surface area contributed by atoms with Gasteiger partial charge in [-0.15, -0.1) is 11.3 Å². The van der Waals surface area contributed by atoms with Gasteiger partial charge in [-0.3, -0.25) is 4.79 Å². The van der Waals surface area contributed by atoms with E-state index in [9.17, 15) is 9.59 Å². The van der Waals surface area contributed by atoms with E-state index in [2.05, 4.69) is 17.2 Å². The van der Waals surface area contributed by atoms with Crippen LogP contribution in [0.4, 0.5) is 0 Å². The largest absolute Gasteiger partial charge is 0.464 e. The molecule has 0 radical (unpaired) electrons. The number of carbonyl (C=O) groups excluding carboxylic acids is 2. The summed E-state index contributed by atoms with van der Waals surface area (Å²) in [6.07, 6.45) is 2.92. The second-order valence-electron chi connectivity index (χ2n) is 6.60. The van der Waals surface area contributed by atoms with E-state index in [1.165, 1.54) is 11.3 Å². The Bertz CT molecular complexity index is 768. The van der Waals surface area contributed by atoms with Crippen molar-refractivity contribution in [3.05, 3.63) is 52.0 Å². The van der Waals surface area contributed by atoms with Crippen molar-refractivity contribution < 1.29 is 14.3 Å². The van der Waals surface area contributed by atoms with E-state index in [4.69, 9.17) is 10.5 Å². The zero-order valence-electron chi connectivity index (χ0n) is 16.9. The van der Waals surface area contributed by atoms with Crippen LogP contribution in [0.3, 0.4) is 0 Å². The van der Waals surface area contributed by atoms with E-state index < -0.39 is 12.0 Å². The minimum Gasteiger partial charge on any atom is -0.464 e. The van der Waals surface area contributed by atoms with Crippen molar-refractivity contribution in [2.24, 2.45) is 5.73 Å². The van der Waals surface area contributed by atoms with Crippen LogP contribution in [0.25, 0.3) is 0 Å². The summed E-state index contributed by atoms with van der Waals surface area (Å²) in [5, 5.41) is 5.20. The number of aromatic nitrogens is 1. The average molecular weight is 436 g/mol. The summed E-state index contributed by atoms with van der Waals surface area (Å²) >= 11 is 2.95. The fourth-order valence-corrected chi connectivity index (χ4v) is 4.46. The lowest BCUT2D eigenvalue weighted by Gasteiger charge is -2.16. The summed E-state index contributed by atoms with van der Waals surface area (Å²) in [4.78, 5) is 29.3. The van der Waals surface area contributed by atoms with Gasteiger partial charge in [0.15, 0.2) is 0 Å². The Hall–Kier alpha value is -1.90. The summed E-state index contributed by atoms with van der Waals surface area (Å²) in [5.41, 5.74) is 7.60. The molecule has 1 heterocycles. The first-order valence-electron chi connectivity index (χ1n) is 9.85. The van der Waals surface area contributed by atoms with Crippen molar-refractivity contribution in [1.82, 2.24) is 10.3 Å². The number of nitrogens with two attached hydrogens (primary N) is 1. The lowest BCUT2D eigenvalue weighted by molar-refractivity contribution is -0.144. The molecule has 0 fully saturated rings. The molecule has 6 nitrogen and oxygen atoms in total. The number of thiazole rings is 1. The molecule has 2 aromatic rings. The fraction of sp³-hybridized carbons (Fsp3) is 0.476. The molecule has 158 valence electrons. The van der Waals surface area contributed by atoms with Crippen molar-refractivity contribution in [3.8, 4) is 0 Å². The number of amides is 1. The van der Waals surface area contributed by atoms with E-state index in [0.717, 1.165) is 35.6 Å². The highest BCUT2D eigenvalue weighted by Gasteiger charge is 2.24. The third-order valence-electron chi connectivity index (χ3n) is 4.21. The quantitative estimate of drug-likeness (QED) is 0.491. The van der Waals surface area contributed by atoms with Crippen molar-refractivity contribution in [2.45, 2.75) is 50.9 Å². The fourth-order valence-electron chi connectivity index (χ4n) is 2.62. The van der Waals surface area contributed by atoms with E-state index in [0.29, 0.717) is 11.4 Å². The van der Waals surface area contributed by atoms with Crippen molar-refractivity contribution in [1.29, 1.82) is 0 Å². The topological polar surface area (TPSA) is 94.3 Å². The zero-order valence-corrected chi connectivity index (χ0v) is 18.6. The molecule has 3 N–H and O–H groups in total. The molecule has 1 aromatic carbocycles. The number of hydrogen-bond acceptors (Lipinski definition) is 7. The van der Waals surface area contributed by atoms with Crippen molar-refractivity contribution >= 4 is 35.0 Å². The van der Waals surface area contributed by atoms with Gasteiger partial charge < -0.3 is 15.8 Å². The minimum atomic E-state index is -0.727. The first kappa shape index (κ1) is 23.4.